The van der Waals surface area contributed by atoms with Gasteiger partial charge < -0.3 is 14.7 Å². The lowest BCUT2D eigenvalue weighted by Crippen LogP contribution is -2.33. The van der Waals surface area contributed by atoms with Gasteiger partial charge in [-0.05, 0) is 25.1 Å². The molecular formula is C12H15NO4. The Bertz CT molecular complexity index is 417. The maximum absolute atomic E-state index is 11.8. The number of phenolic OH excluding ortho intramolecular Hbond substituents is 1. The van der Waals surface area contributed by atoms with Crippen molar-refractivity contribution in [1.82, 2.24) is 4.90 Å². The second kappa shape index (κ2) is 5.89. The van der Waals surface area contributed by atoms with Crippen LogP contribution in [0.2, 0.25) is 0 Å². The molecule has 1 rings (SSSR count). The molecule has 0 atom stereocenters. The number of hydrogen-bond donors (Lipinski definition) is 1. The zero-order valence-corrected chi connectivity index (χ0v) is 9.84. The van der Waals surface area contributed by atoms with E-state index in [9.17, 15) is 14.7 Å². The highest BCUT2D eigenvalue weighted by Crippen LogP contribution is 2.12. The SMILES string of the molecule is CCOC(=O)CN(C)C(=O)c1cccc(O)c1. The number of rotatable bonds is 4. The first kappa shape index (κ1) is 13.0. The number of aromatic hydroxyl groups is 1. The Morgan fingerprint density at radius 1 is 1.41 bits per heavy atom. The molecule has 1 aromatic rings. The fourth-order valence-electron chi connectivity index (χ4n) is 1.33. The third kappa shape index (κ3) is 3.79. The first-order valence-corrected chi connectivity index (χ1v) is 5.24. The van der Waals surface area contributed by atoms with E-state index >= 15 is 0 Å². The molecule has 1 amide bonds. The molecule has 1 N–H and O–H groups in total. The van der Waals surface area contributed by atoms with Gasteiger partial charge in [-0.2, -0.15) is 0 Å². The average Bonchev–Trinajstić information content (AvgIpc) is 2.28. The predicted octanol–water partition coefficient (Wildman–Crippen LogP) is 1.03. The van der Waals surface area contributed by atoms with Crippen LogP contribution in [0.3, 0.4) is 0 Å². The van der Waals surface area contributed by atoms with Gasteiger partial charge in [-0.15, -0.1) is 0 Å². The number of nitrogens with zero attached hydrogens (tertiary/aromatic N) is 1. The van der Waals surface area contributed by atoms with Crippen LogP contribution in [0, 0.1) is 0 Å². The molecule has 0 spiro atoms. The number of likely N-dealkylation sites (N-methyl/N-ethyl adjacent to an activating group) is 1. The van der Waals surface area contributed by atoms with Gasteiger partial charge in [0.2, 0.25) is 0 Å². The minimum Gasteiger partial charge on any atom is -0.508 e. The van der Waals surface area contributed by atoms with Crippen LogP contribution < -0.4 is 0 Å². The molecule has 0 unspecified atom stereocenters. The van der Waals surface area contributed by atoms with Gasteiger partial charge in [0.15, 0.2) is 0 Å². The molecule has 0 aromatic heterocycles. The number of carbonyl (C=O) groups excluding carboxylic acids is 2. The first-order valence-electron chi connectivity index (χ1n) is 5.24. The molecule has 17 heavy (non-hydrogen) atoms. The minimum absolute atomic E-state index is 0.0142. The monoisotopic (exact) mass is 237 g/mol. The number of esters is 1. The van der Waals surface area contributed by atoms with E-state index in [-0.39, 0.29) is 24.8 Å². The van der Waals surface area contributed by atoms with E-state index in [0.717, 1.165) is 0 Å². The van der Waals surface area contributed by atoms with Gasteiger partial charge in [-0.3, -0.25) is 9.59 Å². The topological polar surface area (TPSA) is 66.8 Å². The molecule has 0 fully saturated rings. The molecule has 0 saturated carbocycles. The Kier molecular flexibility index (Phi) is 4.51. The summed E-state index contributed by atoms with van der Waals surface area (Å²) in [6, 6.07) is 5.97. The highest BCUT2D eigenvalue weighted by Gasteiger charge is 2.15. The smallest absolute Gasteiger partial charge is 0.325 e. The summed E-state index contributed by atoms with van der Waals surface area (Å²) in [6.07, 6.45) is 0. The molecule has 0 heterocycles. The second-order valence-corrected chi connectivity index (χ2v) is 3.52. The summed E-state index contributed by atoms with van der Waals surface area (Å²) in [4.78, 5) is 24.3. The summed E-state index contributed by atoms with van der Waals surface area (Å²) in [5, 5.41) is 9.25. The molecule has 0 bridgehead atoms. The Morgan fingerprint density at radius 2 is 2.12 bits per heavy atom. The standard InChI is InChI=1S/C12H15NO4/c1-3-17-11(15)8-13(2)12(16)9-5-4-6-10(14)7-9/h4-7,14H,3,8H2,1-2H3. The number of carbonyl (C=O) groups is 2. The fraction of sp³-hybridized carbons (Fsp3) is 0.333. The summed E-state index contributed by atoms with van der Waals surface area (Å²) >= 11 is 0. The van der Waals surface area contributed by atoms with E-state index in [4.69, 9.17) is 4.74 Å². The zero-order valence-electron chi connectivity index (χ0n) is 9.84. The van der Waals surface area contributed by atoms with Crippen molar-refractivity contribution >= 4 is 11.9 Å². The molecule has 92 valence electrons. The summed E-state index contributed by atoms with van der Waals surface area (Å²) in [5.74, 6) is -0.780. The van der Waals surface area contributed by atoms with E-state index in [1.165, 1.54) is 24.1 Å². The van der Waals surface area contributed by atoms with E-state index in [0.29, 0.717) is 5.56 Å². The summed E-state index contributed by atoms with van der Waals surface area (Å²) in [5.41, 5.74) is 0.330. The molecule has 0 radical (unpaired) electrons. The molecule has 1 aromatic carbocycles. The fourth-order valence-corrected chi connectivity index (χ4v) is 1.33. The van der Waals surface area contributed by atoms with Gasteiger partial charge in [-0.1, -0.05) is 6.07 Å². The van der Waals surface area contributed by atoms with Gasteiger partial charge in [0.1, 0.15) is 12.3 Å². The Balaban J connectivity index is 2.67. The van der Waals surface area contributed by atoms with Crippen LogP contribution in [0.15, 0.2) is 24.3 Å². The lowest BCUT2D eigenvalue weighted by molar-refractivity contribution is -0.143. The van der Waals surface area contributed by atoms with Crippen LogP contribution in [0.1, 0.15) is 17.3 Å². The Hall–Kier alpha value is -2.04. The van der Waals surface area contributed by atoms with Crippen LogP contribution in [0.25, 0.3) is 0 Å². The number of ether oxygens (including phenoxy) is 1. The van der Waals surface area contributed by atoms with E-state index < -0.39 is 5.97 Å². The molecule has 0 aliphatic carbocycles. The summed E-state index contributed by atoms with van der Waals surface area (Å²) in [6.45, 7) is 1.88. The van der Waals surface area contributed by atoms with Crippen molar-refractivity contribution in [2.24, 2.45) is 0 Å². The van der Waals surface area contributed by atoms with Crippen molar-refractivity contribution < 1.29 is 19.4 Å². The maximum atomic E-state index is 11.8. The van der Waals surface area contributed by atoms with Gasteiger partial charge in [-0.25, -0.2) is 0 Å². The highest BCUT2D eigenvalue weighted by molar-refractivity contribution is 5.96. The number of hydrogen-bond acceptors (Lipinski definition) is 4. The van der Waals surface area contributed by atoms with Gasteiger partial charge in [0.05, 0.1) is 6.61 Å². The molecule has 5 heteroatoms. The van der Waals surface area contributed by atoms with Gasteiger partial charge >= 0.3 is 5.97 Å². The quantitative estimate of drug-likeness (QED) is 0.794. The van der Waals surface area contributed by atoms with Crippen LogP contribution in [-0.2, 0) is 9.53 Å². The number of phenols is 1. The normalized spacial score (nSPS) is 9.76. The Morgan fingerprint density at radius 3 is 2.71 bits per heavy atom. The van der Waals surface area contributed by atoms with Crippen molar-refractivity contribution in [1.29, 1.82) is 0 Å². The summed E-state index contributed by atoms with van der Waals surface area (Å²) in [7, 11) is 1.50. The third-order valence-electron chi connectivity index (χ3n) is 2.11. The van der Waals surface area contributed by atoms with E-state index in [1.54, 1.807) is 19.1 Å². The van der Waals surface area contributed by atoms with Gasteiger partial charge in [0.25, 0.3) is 5.91 Å². The van der Waals surface area contributed by atoms with Crippen LogP contribution in [0.5, 0.6) is 5.75 Å². The first-order chi connectivity index (χ1) is 8.04. The van der Waals surface area contributed by atoms with Crippen molar-refractivity contribution in [3.63, 3.8) is 0 Å². The van der Waals surface area contributed by atoms with Crippen LogP contribution in [-0.4, -0.2) is 42.1 Å². The minimum atomic E-state index is -0.455. The van der Waals surface area contributed by atoms with Crippen LogP contribution in [0.4, 0.5) is 0 Å². The molecule has 5 nitrogen and oxygen atoms in total. The number of benzene rings is 1. The zero-order chi connectivity index (χ0) is 12.8. The van der Waals surface area contributed by atoms with Crippen molar-refractivity contribution in [3.8, 4) is 5.75 Å². The largest absolute Gasteiger partial charge is 0.508 e. The highest BCUT2D eigenvalue weighted by atomic mass is 16.5. The second-order valence-electron chi connectivity index (χ2n) is 3.52. The van der Waals surface area contributed by atoms with E-state index in [2.05, 4.69) is 0 Å². The molecule has 0 aliphatic rings. The van der Waals surface area contributed by atoms with Crippen molar-refractivity contribution in [2.75, 3.05) is 20.2 Å². The van der Waals surface area contributed by atoms with Gasteiger partial charge in [0, 0.05) is 12.6 Å². The lowest BCUT2D eigenvalue weighted by atomic mass is 10.2. The molecule has 0 saturated heterocycles. The van der Waals surface area contributed by atoms with Crippen LogP contribution >= 0.6 is 0 Å². The predicted molar refractivity (Wildman–Crippen MR) is 61.7 cm³/mol. The number of amides is 1. The van der Waals surface area contributed by atoms with E-state index in [1.807, 2.05) is 0 Å². The Labute approximate surface area is 99.6 Å². The third-order valence-corrected chi connectivity index (χ3v) is 2.11. The molecule has 0 aliphatic heterocycles. The summed E-state index contributed by atoms with van der Waals surface area (Å²) < 4.78 is 4.74. The lowest BCUT2D eigenvalue weighted by Gasteiger charge is -2.16. The molecular weight excluding hydrogens is 222 g/mol. The van der Waals surface area contributed by atoms with Crippen molar-refractivity contribution in [2.45, 2.75) is 6.92 Å². The average molecular weight is 237 g/mol. The maximum Gasteiger partial charge on any atom is 0.325 e. The van der Waals surface area contributed by atoms with Crippen molar-refractivity contribution in [3.05, 3.63) is 29.8 Å².